The van der Waals surface area contributed by atoms with Crippen LogP contribution >= 0.6 is 0 Å². The topological polar surface area (TPSA) is 12.5 Å². The smallest absolute Gasteiger partial charge is 0.0533 e. The SMILES string of the molecule is CCCCCCCCC(COC)(CN(C)C)C1CCCCC1. The van der Waals surface area contributed by atoms with Gasteiger partial charge in [-0.05, 0) is 39.3 Å². The van der Waals surface area contributed by atoms with Crippen LogP contribution in [0.25, 0.3) is 0 Å². The summed E-state index contributed by atoms with van der Waals surface area (Å²) in [6.07, 6.45) is 16.9. The maximum atomic E-state index is 5.73. The highest BCUT2D eigenvalue weighted by atomic mass is 16.5. The minimum Gasteiger partial charge on any atom is -0.384 e. The molecule has 1 rings (SSSR count). The minimum absolute atomic E-state index is 0.392. The van der Waals surface area contributed by atoms with Crippen molar-refractivity contribution in [1.29, 1.82) is 0 Å². The Morgan fingerprint density at radius 3 is 2.18 bits per heavy atom. The molecule has 0 saturated heterocycles. The van der Waals surface area contributed by atoms with Gasteiger partial charge >= 0.3 is 0 Å². The first-order chi connectivity index (χ1) is 10.6. The molecule has 0 bridgehead atoms. The summed E-state index contributed by atoms with van der Waals surface area (Å²) in [6.45, 7) is 4.44. The third kappa shape index (κ3) is 7.00. The number of methoxy groups -OCH3 is 1. The average molecular weight is 312 g/mol. The zero-order chi connectivity index (χ0) is 16.3. The summed E-state index contributed by atoms with van der Waals surface area (Å²) in [5.74, 6) is 0.874. The summed E-state index contributed by atoms with van der Waals surface area (Å²) in [5, 5.41) is 0. The van der Waals surface area contributed by atoms with Gasteiger partial charge in [0.1, 0.15) is 0 Å². The Morgan fingerprint density at radius 1 is 0.955 bits per heavy atom. The Labute approximate surface area is 140 Å². The molecule has 2 nitrogen and oxygen atoms in total. The Hall–Kier alpha value is -0.0800. The fourth-order valence-corrected chi connectivity index (χ4v) is 4.54. The lowest BCUT2D eigenvalue weighted by Gasteiger charge is -2.44. The Bertz CT molecular complexity index is 260. The van der Waals surface area contributed by atoms with E-state index in [1.165, 1.54) is 83.6 Å². The van der Waals surface area contributed by atoms with Crippen LogP contribution in [0.5, 0.6) is 0 Å². The van der Waals surface area contributed by atoms with Gasteiger partial charge in [-0.15, -0.1) is 0 Å². The molecule has 0 aromatic carbocycles. The summed E-state index contributed by atoms with van der Waals surface area (Å²) < 4.78 is 5.73. The average Bonchev–Trinajstić information content (AvgIpc) is 2.51. The second-order valence-corrected chi connectivity index (χ2v) is 7.89. The van der Waals surface area contributed by atoms with Crippen molar-refractivity contribution in [2.75, 3.05) is 34.4 Å². The van der Waals surface area contributed by atoms with Gasteiger partial charge in [0, 0.05) is 19.1 Å². The van der Waals surface area contributed by atoms with E-state index in [1.54, 1.807) is 0 Å². The van der Waals surface area contributed by atoms with E-state index in [4.69, 9.17) is 4.74 Å². The number of rotatable bonds is 12. The molecule has 0 heterocycles. The van der Waals surface area contributed by atoms with Crippen molar-refractivity contribution in [2.45, 2.75) is 84.0 Å². The molecule has 1 fully saturated rings. The van der Waals surface area contributed by atoms with E-state index in [9.17, 15) is 0 Å². The molecule has 22 heavy (non-hydrogen) atoms. The molecular formula is C20H41NO. The van der Waals surface area contributed by atoms with Crippen molar-refractivity contribution >= 4 is 0 Å². The third-order valence-electron chi connectivity index (χ3n) is 5.56. The Morgan fingerprint density at radius 2 is 1.59 bits per heavy atom. The van der Waals surface area contributed by atoms with Crippen molar-refractivity contribution in [3.05, 3.63) is 0 Å². The van der Waals surface area contributed by atoms with Crippen LogP contribution in [-0.4, -0.2) is 39.3 Å². The lowest BCUT2D eigenvalue weighted by atomic mass is 9.66. The Balaban J connectivity index is 2.57. The van der Waals surface area contributed by atoms with E-state index in [0.29, 0.717) is 5.41 Å². The van der Waals surface area contributed by atoms with Crippen LogP contribution < -0.4 is 0 Å². The molecule has 1 aliphatic carbocycles. The van der Waals surface area contributed by atoms with Gasteiger partial charge in [0.15, 0.2) is 0 Å². The number of unbranched alkanes of at least 4 members (excludes halogenated alkanes) is 5. The lowest BCUT2D eigenvalue weighted by Crippen LogP contribution is -2.44. The minimum atomic E-state index is 0.392. The second kappa shape index (κ2) is 11.5. The first kappa shape index (κ1) is 20.0. The van der Waals surface area contributed by atoms with E-state index in [1.807, 2.05) is 7.11 Å². The molecule has 0 spiro atoms. The lowest BCUT2D eigenvalue weighted by molar-refractivity contribution is -0.0115. The van der Waals surface area contributed by atoms with Crippen LogP contribution in [0.4, 0.5) is 0 Å². The summed E-state index contributed by atoms with van der Waals surface area (Å²) in [6, 6.07) is 0. The van der Waals surface area contributed by atoms with Gasteiger partial charge in [0.05, 0.1) is 6.61 Å². The molecule has 0 aromatic heterocycles. The number of hydrogen-bond acceptors (Lipinski definition) is 2. The van der Waals surface area contributed by atoms with Gasteiger partial charge in [-0.3, -0.25) is 0 Å². The quantitative estimate of drug-likeness (QED) is 0.440. The normalized spacial score (nSPS) is 19.5. The van der Waals surface area contributed by atoms with Crippen molar-refractivity contribution in [3.8, 4) is 0 Å². The molecule has 2 heteroatoms. The van der Waals surface area contributed by atoms with Crippen LogP contribution in [0.1, 0.15) is 84.0 Å². The van der Waals surface area contributed by atoms with Gasteiger partial charge in [0.25, 0.3) is 0 Å². The molecule has 1 unspecified atom stereocenters. The van der Waals surface area contributed by atoms with Gasteiger partial charge < -0.3 is 9.64 Å². The van der Waals surface area contributed by atoms with Crippen LogP contribution in [0.2, 0.25) is 0 Å². The Kier molecular flexibility index (Phi) is 10.4. The fraction of sp³-hybridized carbons (Fsp3) is 1.00. The molecule has 0 amide bonds. The van der Waals surface area contributed by atoms with Crippen molar-refractivity contribution < 1.29 is 4.74 Å². The monoisotopic (exact) mass is 311 g/mol. The van der Waals surface area contributed by atoms with Gasteiger partial charge in [-0.1, -0.05) is 64.7 Å². The summed E-state index contributed by atoms with van der Waals surface area (Å²) in [4.78, 5) is 2.39. The molecule has 0 radical (unpaired) electrons. The summed E-state index contributed by atoms with van der Waals surface area (Å²) in [5.41, 5.74) is 0.392. The zero-order valence-corrected chi connectivity index (χ0v) is 15.8. The summed E-state index contributed by atoms with van der Waals surface area (Å²) in [7, 11) is 6.36. The summed E-state index contributed by atoms with van der Waals surface area (Å²) >= 11 is 0. The van der Waals surface area contributed by atoms with Crippen LogP contribution in [0.15, 0.2) is 0 Å². The first-order valence-corrected chi connectivity index (χ1v) is 9.78. The third-order valence-corrected chi connectivity index (χ3v) is 5.56. The molecular weight excluding hydrogens is 270 g/mol. The van der Waals surface area contributed by atoms with Crippen molar-refractivity contribution in [3.63, 3.8) is 0 Å². The highest BCUT2D eigenvalue weighted by molar-refractivity contribution is 4.90. The zero-order valence-electron chi connectivity index (χ0n) is 15.8. The maximum absolute atomic E-state index is 5.73. The van der Waals surface area contributed by atoms with E-state index in [0.717, 1.165) is 12.5 Å². The van der Waals surface area contributed by atoms with Gasteiger partial charge in [-0.25, -0.2) is 0 Å². The molecule has 132 valence electrons. The largest absolute Gasteiger partial charge is 0.384 e. The van der Waals surface area contributed by atoms with E-state index < -0.39 is 0 Å². The highest BCUT2D eigenvalue weighted by Crippen LogP contribution is 2.43. The molecule has 1 atom stereocenters. The van der Waals surface area contributed by atoms with E-state index in [-0.39, 0.29) is 0 Å². The van der Waals surface area contributed by atoms with Gasteiger partial charge in [0.2, 0.25) is 0 Å². The van der Waals surface area contributed by atoms with Crippen LogP contribution in [0.3, 0.4) is 0 Å². The number of ether oxygens (including phenoxy) is 1. The highest BCUT2D eigenvalue weighted by Gasteiger charge is 2.39. The van der Waals surface area contributed by atoms with Gasteiger partial charge in [-0.2, -0.15) is 0 Å². The standard InChI is InChI=1S/C20H41NO/c1-5-6-7-8-9-13-16-20(18-22-4,17-21(2)3)19-14-11-10-12-15-19/h19H,5-18H2,1-4H3. The van der Waals surface area contributed by atoms with Crippen molar-refractivity contribution in [1.82, 2.24) is 4.90 Å². The van der Waals surface area contributed by atoms with E-state index >= 15 is 0 Å². The van der Waals surface area contributed by atoms with E-state index in [2.05, 4.69) is 25.9 Å². The van der Waals surface area contributed by atoms with Crippen LogP contribution in [0, 0.1) is 11.3 Å². The predicted molar refractivity (Wildman–Crippen MR) is 97.4 cm³/mol. The maximum Gasteiger partial charge on any atom is 0.0533 e. The van der Waals surface area contributed by atoms with Crippen molar-refractivity contribution in [2.24, 2.45) is 11.3 Å². The molecule has 1 aliphatic rings. The molecule has 1 saturated carbocycles. The number of hydrogen-bond donors (Lipinski definition) is 0. The first-order valence-electron chi connectivity index (χ1n) is 9.78. The number of nitrogens with zero attached hydrogens (tertiary/aromatic N) is 1. The molecule has 0 N–H and O–H groups in total. The molecule has 0 aliphatic heterocycles. The predicted octanol–water partition coefficient (Wildman–Crippen LogP) is 5.51. The van der Waals surface area contributed by atoms with Crippen LogP contribution in [-0.2, 0) is 4.74 Å². The second-order valence-electron chi connectivity index (χ2n) is 7.89. The molecule has 0 aromatic rings. The fourth-order valence-electron chi connectivity index (χ4n) is 4.54.